The van der Waals surface area contributed by atoms with E-state index in [0.29, 0.717) is 26.2 Å². The minimum absolute atomic E-state index is 0.0772. The number of likely N-dealkylation sites (tertiary alicyclic amines) is 2. The number of aromatic carboxylic acids is 1. The lowest BCUT2D eigenvalue weighted by Gasteiger charge is -2.33. The molecule has 2 aliphatic heterocycles. The van der Waals surface area contributed by atoms with Crippen LogP contribution in [0.4, 0.5) is 0 Å². The van der Waals surface area contributed by atoms with E-state index in [1.165, 1.54) is 0 Å². The Balaban J connectivity index is 1.69. The van der Waals surface area contributed by atoms with Crippen molar-refractivity contribution in [3.63, 3.8) is 0 Å². The molecule has 6 heteroatoms. The van der Waals surface area contributed by atoms with Crippen LogP contribution in [0.3, 0.4) is 0 Å². The van der Waals surface area contributed by atoms with Crippen molar-refractivity contribution < 1.29 is 19.5 Å². The molecule has 1 aromatic rings. The van der Waals surface area contributed by atoms with Crippen molar-refractivity contribution in [3.05, 3.63) is 35.4 Å². The Morgan fingerprint density at radius 3 is 2.33 bits per heavy atom. The first-order chi connectivity index (χ1) is 11.6. The van der Waals surface area contributed by atoms with Crippen LogP contribution in [0, 0.1) is 0 Å². The van der Waals surface area contributed by atoms with E-state index in [9.17, 15) is 14.4 Å². The number of amides is 2. The van der Waals surface area contributed by atoms with Crippen molar-refractivity contribution in [3.8, 4) is 0 Å². The summed E-state index contributed by atoms with van der Waals surface area (Å²) in [5.74, 6) is -1.69. The number of carbonyl (C=O) groups is 3. The van der Waals surface area contributed by atoms with Gasteiger partial charge in [-0.1, -0.05) is 12.1 Å². The maximum Gasteiger partial charge on any atom is 0.335 e. The van der Waals surface area contributed by atoms with E-state index in [-0.39, 0.29) is 11.5 Å². The number of rotatable bonds is 2. The molecule has 0 aliphatic carbocycles. The lowest BCUT2D eigenvalue weighted by Crippen LogP contribution is -2.47. The fourth-order valence-electron chi connectivity index (χ4n) is 3.55. The molecule has 6 nitrogen and oxygen atoms in total. The van der Waals surface area contributed by atoms with Crippen LogP contribution < -0.4 is 0 Å². The third kappa shape index (κ3) is 3.42. The van der Waals surface area contributed by atoms with Gasteiger partial charge in [0.15, 0.2) is 0 Å². The molecule has 24 heavy (non-hydrogen) atoms. The average Bonchev–Trinajstić information content (AvgIpc) is 3.15. The van der Waals surface area contributed by atoms with Gasteiger partial charge < -0.3 is 14.9 Å². The minimum atomic E-state index is -0.954. The molecule has 2 fully saturated rings. The zero-order valence-electron chi connectivity index (χ0n) is 13.6. The smallest absolute Gasteiger partial charge is 0.335 e. The number of carboxylic acids is 1. The lowest BCUT2D eigenvalue weighted by molar-refractivity contribution is -0.151. The van der Waals surface area contributed by atoms with Gasteiger partial charge in [-0.2, -0.15) is 0 Å². The molecular weight excluding hydrogens is 308 g/mol. The van der Waals surface area contributed by atoms with Gasteiger partial charge in [0, 0.05) is 32.1 Å². The molecule has 2 amide bonds. The summed E-state index contributed by atoms with van der Waals surface area (Å²) in [6, 6.07) is 6.86. The number of hydrogen-bond acceptors (Lipinski definition) is 3. The van der Waals surface area contributed by atoms with E-state index in [0.717, 1.165) is 31.2 Å². The van der Waals surface area contributed by atoms with Crippen LogP contribution in [0.1, 0.15) is 47.5 Å². The van der Waals surface area contributed by atoms with E-state index in [1.807, 2.05) is 6.07 Å². The van der Waals surface area contributed by atoms with Crippen LogP contribution in [0.2, 0.25) is 0 Å². The number of carbonyl (C=O) groups excluding carboxylic acids is 2. The second-order valence-electron chi connectivity index (χ2n) is 6.52. The van der Waals surface area contributed by atoms with Crippen molar-refractivity contribution >= 4 is 17.8 Å². The van der Waals surface area contributed by atoms with Gasteiger partial charge in [-0.25, -0.2) is 4.79 Å². The maximum absolute atomic E-state index is 12.5. The van der Waals surface area contributed by atoms with Gasteiger partial charge in [0.25, 0.3) is 0 Å². The Bertz CT molecular complexity index is 652. The van der Waals surface area contributed by atoms with E-state index >= 15 is 0 Å². The first kappa shape index (κ1) is 16.5. The predicted molar refractivity (Wildman–Crippen MR) is 87.8 cm³/mol. The molecular formula is C18H22N2O4. The third-order valence-corrected chi connectivity index (χ3v) is 4.89. The molecule has 0 radical (unpaired) electrons. The van der Waals surface area contributed by atoms with Crippen LogP contribution in [0.5, 0.6) is 0 Å². The molecule has 0 spiro atoms. The fraction of sp³-hybridized carbons (Fsp3) is 0.500. The van der Waals surface area contributed by atoms with Crippen LogP contribution >= 0.6 is 0 Å². The number of carboxylic acid groups (broad SMARTS) is 1. The Morgan fingerprint density at radius 2 is 1.62 bits per heavy atom. The second kappa shape index (κ2) is 7.03. The molecule has 0 unspecified atom stereocenters. The monoisotopic (exact) mass is 330 g/mol. The van der Waals surface area contributed by atoms with Crippen molar-refractivity contribution in [1.82, 2.24) is 9.80 Å². The van der Waals surface area contributed by atoms with Gasteiger partial charge >= 0.3 is 17.8 Å². The number of piperidine rings is 1. The molecule has 0 bridgehead atoms. The summed E-state index contributed by atoms with van der Waals surface area (Å²) in [7, 11) is 0. The van der Waals surface area contributed by atoms with Gasteiger partial charge in [0.05, 0.1) is 5.56 Å². The van der Waals surface area contributed by atoms with Gasteiger partial charge in [-0.15, -0.1) is 0 Å². The van der Waals surface area contributed by atoms with Gasteiger partial charge in [0.2, 0.25) is 0 Å². The number of nitrogens with zero attached hydrogens (tertiary/aromatic N) is 2. The highest BCUT2D eigenvalue weighted by Gasteiger charge is 2.32. The topological polar surface area (TPSA) is 77.9 Å². The first-order valence-electron chi connectivity index (χ1n) is 8.47. The van der Waals surface area contributed by atoms with Gasteiger partial charge in [0.1, 0.15) is 0 Å². The molecule has 0 aromatic heterocycles. The largest absolute Gasteiger partial charge is 0.478 e. The molecule has 3 rings (SSSR count). The molecule has 128 valence electrons. The molecule has 1 aromatic carbocycles. The quantitative estimate of drug-likeness (QED) is 0.838. The van der Waals surface area contributed by atoms with Crippen molar-refractivity contribution in [2.75, 3.05) is 26.2 Å². The van der Waals surface area contributed by atoms with E-state index in [1.54, 1.807) is 28.0 Å². The second-order valence-corrected chi connectivity index (χ2v) is 6.52. The zero-order chi connectivity index (χ0) is 17.1. The van der Waals surface area contributed by atoms with Crippen LogP contribution in [-0.4, -0.2) is 58.9 Å². The minimum Gasteiger partial charge on any atom is -0.478 e. The molecule has 1 atom stereocenters. The predicted octanol–water partition coefficient (Wildman–Crippen LogP) is 1.71. The average molecular weight is 330 g/mol. The number of hydrogen-bond donors (Lipinski definition) is 1. The summed E-state index contributed by atoms with van der Waals surface area (Å²) in [6.45, 7) is 2.40. The van der Waals surface area contributed by atoms with Crippen LogP contribution in [0.15, 0.2) is 24.3 Å². The third-order valence-electron chi connectivity index (χ3n) is 4.89. The molecule has 2 heterocycles. The Morgan fingerprint density at radius 1 is 0.958 bits per heavy atom. The normalized spacial score (nSPS) is 20.9. The van der Waals surface area contributed by atoms with Crippen molar-refractivity contribution in [2.24, 2.45) is 0 Å². The highest BCUT2D eigenvalue weighted by molar-refractivity contribution is 6.35. The maximum atomic E-state index is 12.5. The Kier molecular flexibility index (Phi) is 4.83. The Hall–Kier alpha value is -2.37. The van der Waals surface area contributed by atoms with E-state index in [2.05, 4.69) is 0 Å². The van der Waals surface area contributed by atoms with Crippen molar-refractivity contribution in [2.45, 2.75) is 31.6 Å². The standard InChI is InChI=1S/C18H22N2O4/c21-16(19-8-1-2-9-19)17(22)20-10-4-7-15(12-20)13-5-3-6-14(11-13)18(23)24/h3,5-6,11,15H,1-2,4,7-10,12H2,(H,23,24)/t15-/m0/s1. The van der Waals surface area contributed by atoms with Gasteiger partial charge in [-0.3, -0.25) is 9.59 Å². The fourth-order valence-corrected chi connectivity index (χ4v) is 3.55. The van der Waals surface area contributed by atoms with Crippen LogP contribution in [-0.2, 0) is 9.59 Å². The molecule has 2 saturated heterocycles. The van der Waals surface area contributed by atoms with Crippen LogP contribution in [0.25, 0.3) is 0 Å². The summed E-state index contributed by atoms with van der Waals surface area (Å²) in [4.78, 5) is 39.2. The summed E-state index contributed by atoms with van der Waals surface area (Å²) < 4.78 is 0. The zero-order valence-corrected chi connectivity index (χ0v) is 13.6. The lowest BCUT2D eigenvalue weighted by atomic mass is 9.89. The van der Waals surface area contributed by atoms with E-state index < -0.39 is 17.8 Å². The Labute approximate surface area is 141 Å². The first-order valence-corrected chi connectivity index (χ1v) is 8.47. The van der Waals surface area contributed by atoms with E-state index in [4.69, 9.17) is 5.11 Å². The number of benzene rings is 1. The highest BCUT2D eigenvalue weighted by atomic mass is 16.4. The summed E-state index contributed by atoms with van der Waals surface area (Å²) in [5, 5.41) is 9.13. The summed E-state index contributed by atoms with van der Waals surface area (Å²) >= 11 is 0. The summed E-state index contributed by atoms with van der Waals surface area (Å²) in [5.41, 5.74) is 1.17. The molecule has 0 saturated carbocycles. The van der Waals surface area contributed by atoms with Crippen molar-refractivity contribution in [1.29, 1.82) is 0 Å². The molecule has 2 aliphatic rings. The summed E-state index contributed by atoms with van der Waals surface area (Å²) in [6.07, 6.45) is 3.64. The van der Waals surface area contributed by atoms with Gasteiger partial charge in [-0.05, 0) is 43.4 Å². The molecule has 1 N–H and O–H groups in total. The SMILES string of the molecule is O=C(O)c1cccc([C@H]2CCCN(C(=O)C(=O)N3CCCC3)C2)c1. The highest BCUT2D eigenvalue weighted by Crippen LogP contribution is 2.28.